The van der Waals surface area contributed by atoms with E-state index in [1.807, 2.05) is 18.3 Å². The molecule has 2 heterocycles. The van der Waals surface area contributed by atoms with Gasteiger partial charge in [-0.1, -0.05) is 11.6 Å². The van der Waals surface area contributed by atoms with Crippen molar-refractivity contribution in [3.05, 3.63) is 36.2 Å². The summed E-state index contributed by atoms with van der Waals surface area (Å²) in [5, 5.41) is 17.4. The minimum atomic E-state index is -3.71. The zero-order valence-corrected chi connectivity index (χ0v) is 16.2. The van der Waals surface area contributed by atoms with Crippen molar-refractivity contribution in [2.45, 2.75) is 31.1 Å². The van der Waals surface area contributed by atoms with Gasteiger partial charge >= 0.3 is 0 Å². The molecule has 9 nitrogen and oxygen atoms in total. The third-order valence-corrected chi connectivity index (χ3v) is 7.08. The number of aromatic nitrogens is 3. The zero-order valence-electron chi connectivity index (χ0n) is 15.4. The molecule has 1 aliphatic carbocycles. The highest BCUT2D eigenvalue weighted by molar-refractivity contribution is 7.93. The smallest absolute Gasteiger partial charge is 0.237 e. The van der Waals surface area contributed by atoms with Crippen LogP contribution in [0, 0.1) is 5.92 Å². The molecular formula is C18H22N4O5S. The first-order chi connectivity index (χ1) is 13.5. The van der Waals surface area contributed by atoms with Gasteiger partial charge in [0.15, 0.2) is 11.4 Å². The van der Waals surface area contributed by atoms with Gasteiger partial charge in [0.2, 0.25) is 10.0 Å². The van der Waals surface area contributed by atoms with E-state index in [9.17, 15) is 13.5 Å². The van der Waals surface area contributed by atoms with Crippen molar-refractivity contribution < 1.29 is 22.8 Å². The maximum Gasteiger partial charge on any atom is 0.237 e. The summed E-state index contributed by atoms with van der Waals surface area (Å²) in [7, 11) is -2.20. The predicted octanol–water partition coefficient (Wildman–Crippen LogP) is 1.98. The van der Waals surface area contributed by atoms with E-state index in [2.05, 4.69) is 15.0 Å². The molecular weight excluding hydrogens is 384 g/mol. The number of aliphatic hydroxyl groups is 1. The van der Waals surface area contributed by atoms with Crippen molar-refractivity contribution in [1.29, 1.82) is 0 Å². The van der Waals surface area contributed by atoms with Crippen LogP contribution in [0.1, 0.15) is 24.8 Å². The van der Waals surface area contributed by atoms with Crippen LogP contribution in [0.15, 0.2) is 35.1 Å². The van der Waals surface area contributed by atoms with Gasteiger partial charge in [-0.15, -0.1) is 0 Å². The van der Waals surface area contributed by atoms with E-state index >= 15 is 0 Å². The van der Waals surface area contributed by atoms with Crippen LogP contribution in [0.5, 0.6) is 5.75 Å². The highest BCUT2D eigenvalue weighted by Crippen LogP contribution is 2.36. The molecule has 10 heteroatoms. The van der Waals surface area contributed by atoms with Crippen LogP contribution in [-0.4, -0.2) is 47.4 Å². The topological polar surface area (TPSA) is 119 Å². The van der Waals surface area contributed by atoms with Crippen LogP contribution in [-0.2, 0) is 16.6 Å². The summed E-state index contributed by atoms with van der Waals surface area (Å²) < 4.78 is 40.8. The Labute approximate surface area is 162 Å². The zero-order chi connectivity index (χ0) is 19.7. The molecule has 1 fully saturated rings. The van der Waals surface area contributed by atoms with E-state index in [0.717, 1.165) is 12.0 Å². The summed E-state index contributed by atoms with van der Waals surface area (Å²) in [5.74, 6) is 0.294. The summed E-state index contributed by atoms with van der Waals surface area (Å²) in [6, 6.07) is 5.43. The molecule has 3 aromatic rings. The van der Waals surface area contributed by atoms with Gasteiger partial charge in [-0.2, -0.15) is 5.10 Å². The monoisotopic (exact) mass is 406 g/mol. The molecule has 1 saturated carbocycles. The van der Waals surface area contributed by atoms with Crippen LogP contribution in [0.2, 0.25) is 0 Å². The van der Waals surface area contributed by atoms with E-state index in [4.69, 9.17) is 9.26 Å². The Bertz CT molecular complexity index is 1060. The summed E-state index contributed by atoms with van der Waals surface area (Å²) >= 11 is 0. The fourth-order valence-electron chi connectivity index (χ4n) is 3.82. The van der Waals surface area contributed by atoms with Crippen molar-refractivity contribution >= 4 is 26.8 Å². The molecule has 0 unspecified atom stereocenters. The Balaban J connectivity index is 1.66. The van der Waals surface area contributed by atoms with Crippen LogP contribution in [0.3, 0.4) is 0 Å². The molecule has 0 bridgehead atoms. The van der Waals surface area contributed by atoms with Gasteiger partial charge in [-0.3, -0.25) is 9.40 Å². The van der Waals surface area contributed by atoms with E-state index in [0.29, 0.717) is 36.1 Å². The maximum atomic E-state index is 12.8. The van der Waals surface area contributed by atoms with E-state index in [1.54, 1.807) is 16.9 Å². The van der Waals surface area contributed by atoms with Crippen LogP contribution in [0.4, 0.5) is 5.82 Å². The molecule has 1 aromatic carbocycles. The Morgan fingerprint density at radius 3 is 2.96 bits per heavy atom. The quantitative estimate of drug-likeness (QED) is 0.616. The molecule has 2 aromatic heterocycles. The second-order valence-electron chi connectivity index (χ2n) is 6.97. The van der Waals surface area contributed by atoms with E-state index in [1.165, 1.54) is 7.11 Å². The fraction of sp³-hybridized carbons (Fsp3) is 0.444. The summed E-state index contributed by atoms with van der Waals surface area (Å²) in [5.41, 5.74) is 1.30. The molecule has 0 spiro atoms. The molecule has 2 N–H and O–H groups in total. The second kappa shape index (κ2) is 7.44. The molecule has 0 saturated heterocycles. The van der Waals surface area contributed by atoms with Gasteiger partial charge in [-0.05, 0) is 36.6 Å². The number of methoxy groups -OCH3 is 1. The SMILES string of the molecule is COc1cc(Cn2cccn2)cc2onc(NS(=O)(=O)[C@H]3CCC[C@H]3CO)c12. The number of fused-ring (bicyclic) bond motifs is 1. The van der Waals surface area contributed by atoms with Crippen LogP contribution < -0.4 is 9.46 Å². The lowest BCUT2D eigenvalue weighted by Crippen LogP contribution is -2.32. The molecule has 0 aliphatic heterocycles. The highest BCUT2D eigenvalue weighted by atomic mass is 32.2. The standard InChI is InChI=1S/C18H22N4O5S/c1-26-14-8-12(10-22-7-3-6-19-22)9-15-17(14)18(20-27-15)21-28(24,25)16-5-2-4-13(16)11-23/h3,6-9,13,16,23H,2,4-5,10-11H2,1H3,(H,20,21)/t13-,16-/m0/s1. The number of anilines is 1. The van der Waals surface area contributed by atoms with Crippen molar-refractivity contribution in [2.75, 3.05) is 18.4 Å². The van der Waals surface area contributed by atoms with Crippen molar-refractivity contribution in [2.24, 2.45) is 5.92 Å². The number of nitrogens with zero attached hydrogens (tertiary/aromatic N) is 3. The van der Waals surface area contributed by atoms with E-state index < -0.39 is 15.3 Å². The number of rotatable bonds is 7. The first kappa shape index (κ1) is 18.8. The van der Waals surface area contributed by atoms with Crippen molar-refractivity contribution in [1.82, 2.24) is 14.9 Å². The third kappa shape index (κ3) is 3.45. The van der Waals surface area contributed by atoms with Crippen LogP contribution >= 0.6 is 0 Å². The lowest BCUT2D eigenvalue weighted by atomic mass is 10.1. The normalized spacial score (nSPS) is 19.9. The van der Waals surface area contributed by atoms with Crippen molar-refractivity contribution in [3.8, 4) is 5.75 Å². The van der Waals surface area contributed by atoms with E-state index in [-0.39, 0.29) is 18.3 Å². The molecule has 0 radical (unpaired) electrons. The van der Waals surface area contributed by atoms with Gasteiger partial charge < -0.3 is 14.4 Å². The highest BCUT2D eigenvalue weighted by Gasteiger charge is 2.38. The van der Waals surface area contributed by atoms with Crippen LogP contribution in [0.25, 0.3) is 11.0 Å². The number of aliphatic hydroxyl groups excluding tert-OH is 1. The number of nitrogens with one attached hydrogen (secondary N) is 1. The van der Waals surface area contributed by atoms with Gasteiger partial charge in [0.25, 0.3) is 0 Å². The first-order valence-corrected chi connectivity index (χ1v) is 10.6. The number of sulfonamides is 1. The number of hydrogen-bond donors (Lipinski definition) is 2. The molecule has 1 aliphatic rings. The molecule has 150 valence electrons. The number of benzene rings is 1. The van der Waals surface area contributed by atoms with Crippen molar-refractivity contribution in [3.63, 3.8) is 0 Å². The Morgan fingerprint density at radius 1 is 1.39 bits per heavy atom. The number of ether oxygens (including phenoxy) is 1. The van der Waals surface area contributed by atoms with Gasteiger partial charge in [0.1, 0.15) is 11.1 Å². The number of hydrogen-bond acceptors (Lipinski definition) is 7. The largest absolute Gasteiger partial charge is 0.496 e. The molecule has 2 atom stereocenters. The van der Waals surface area contributed by atoms with Gasteiger partial charge in [0, 0.05) is 24.9 Å². The minimum Gasteiger partial charge on any atom is -0.496 e. The summed E-state index contributed by atoms with van der Waals surface area (Å²) in [4.78, 5) is 0. The van der Waals surface area contributed by atoms with Gasteiger partial charge in [0.05, 0.1) is 18.9 Å². The molecule has 28 heavy (non-hydrogen) atoms. The average molecular weight is 406 g/mol. The molecule has 4 rings (SSSR count). The summed E-state index contributed by atoms with van der Waals surface area (Å²) in [6.45, 7) is 0.368. The lowest BCUT2D eigenvalue weighted by molar-refractivity contribution is 0.231. The van der Waals surface area contributed by atoms with Gasteiger partial charge in [-0.25, -0.2) is 8.42 Å². The minimum absolute atomic E-state index is 0.0982. The Kier molecular flexibility index (Phi) is 4.98. The average Bonchev–Trinajstić information content (AvgIpc) is 3.42. The predicted molar refractivity (Wildman–Crippen MR) is 103 cm³/mol. The molecule has 0 amide bonds. The first-order valence-electron chi connectivity index (χ1n) is 9.08. The Hall–Kier alpha value is -2.59. The lowest BCUT2D eigenvalue weighted by Gasteiger charge is -2.18. The second-order valence-corrected chi connectivity index (χ2v) is 8.86. The maximum absolute atomic E-state index is 12.8. The fourth-order valence-corrected chi connectivity index (χ4v) is 5.59. The third-order valence-electron chi connectivity index (χ3n) is 5.18. The Morgan fingerprint density at radius 2 is 2.25 bits per heavy atom. The summed E-state index contributed by atoms with van der Waals surface area (Å²) in [6.07, 6.45) is 5.52.